The van der Waals surface area contributed by atoms with Crippen molar-refractivity contribution in [3.8, 4) is 0 Å². The van der Waals surface area contributed by atoms with Gasteiger partial charge in [-0.05, 0) is 43.7 Å². The molecule has 2 N–H and O–H groups in total. The van der Waals surface area contributed by atoms with Gasteiger partial charge >= 0.3 is 0 Å². The smallest absolute Gasteiger partial charge is 0.246 e. The first-order valence-corrected chi connectivity index (χ1v) is 12.9. The van der Waals surface area contributed by atoms with Gasteiger partial charge in [0.05, 0.1) is 6.61 Å². The number of hydrogen-bond acceptors (Lipinski definition) is 6. The molecule has 1 aromatic rings. The number of methoxy groups -OCH3 is 1. The largest absolute Gasteiger partial charge is 0.388 e. The van der Waals surface area contributed by atoms with Gasteiger partial charge in [0.1, 0.15) is 18.3 Å². The predicted octanol–water partition coefficient (Wildman–Crippen LogP) is 2.65. The Morgan fingerprint density at radius 1 is 1.22 bits per heavy atom. The van der Waals surface area contributed by atoms with Gasteiger partial charge in [-0.3, -0.25) is 9.59 Å². The van der Waals surface area contributed by atoms with E-state index in [9.17, 15) is 19.8 Å². The lowest BCUT2D eigenvalue weighted by molar-refractivity contribution is -0.140. The SMILES string of the molecule is CO[C@@H]1CN(C(C)=O)C[C@@H](CC(C)C)N(C(=O)/C=C/c2cccc(C)c2)CCCCOC[C@@H](O)[C@H]1O. The fourth-order valence-corrected chi connectivity index (χ4v) is 4.52. The Morgan fingerprint density at radius 3 is 2.61 bits per heavy atom. The van der Waals surface area contributed by atoms with E-state index < -0.39 is 18.3 Å². The summed E-state index contributed by atoms with van der Waals surface area (Å²) in [4.78, 5) is 29.6. The molecule has 2 amide bonds. The lowest BCUT2D eigenvalue weighted by atomic mass is 10.00. The Morgan fingerprint density at radius 2 is 1.97 bits per heavy atom. The van der Waals surface area contributed by atoms with Crippen molar-refractivity contribution < 1.29 is 29.3 Å². The molecule has 0 spiro atoms. The predicted molar refractivity (Wildman–Crippen MR) is 140 cm³/mol. The molecule has 1 aromatic carbocycles. The third-order valence-electron chi connectivity index (χ3n) is 6.51. The average Bonchev–Trinajstić information content (AvgIpc) is 2.82. The summed E-state index contributed by atoms with van der Waals surface area (Å²) in [6, 6.07) is 7.75. The highest BCUT2D eigenvalue weighted by molar-refractivity contribution is 5.92. The maximum atomic E-state index is 13.5. The molecule has 0 saturated carbocycles. The summed E-state index contributed by atoms with van der Waals surface area (Å²) >= 11 is 0. The van der Waals surface area contributed by atoms with Gasteiger partial charge in [0.2, 0.25) is 11.8 Å². The van der Waals surface area contributed by atoms with Crippen LogP contribution in [0.3, 0.4) is 0 Å². The number of carbonyl (C=O) groups is 2. The highest BCUT2D eigenvalue weighted by Gasteiger charge is 2.32. The van der Waals surface area contributed by atoms with E-state index in [-0.39, 0.29) is 31.0 Å². The van der Waals surface area contributed by atoms with Gasteiger partial charge in [0.15, 0.2) is 0 Å². The Hall–Kier alpha value is -2.26. The third-order valence-corrected chi connectivity index (χ3v) is 6.51. The fourth-order valence-electron chi connectivity index (χ4n) is 4.52. The highest BCUT2D eigenvalue weighted by Crippen LogP contribution is 2.18. The number of carbonyl (C=O) groups excluding carboxylic acids is 2. The second-order valence-corrected chi connectivity index (χ2v) is 10.1. The Bertz CT molecular complexity index is 858. The Kier molecular flexibility index (Phi) is 12.6. The zero-order chi connectivity index (χ0) is 26.7. The van der Waals surface area contributed by atoms with Crippen LogP contribution in [0, 0.1) is 12.8 Å². The van der Waals surface area contributed by atoms with E-state index >= 15 is 0 Å². The number of nitrogens with zero attached hydrogens (tertiary/aromatic N) is 2. The van der Waals surface area contributed by atoms with E-state index in [1.165, 1.54) is 14.0 Å². The molecule has 1 aliphatic heterocycles. The minimum atomic E-state index is -1.21. The van der Waals surface area contributed by atoms with Crippen LogP contribution in [0.4, 0.5) is 0 Å². The molecule has 1 heterocycles. The number of aliphatic hydroxyl groups excluding tert-OH is 2. The van der Waals surface area contributed by atoms with E-state index in [2.05, 4.69) is 13.8 Å². The standard InChI is InChI=1S/C28H44N2O6/c1-20(2)15-24-17-29(22(4)31)18-26(35-5)28(34)25(32)19-36-14-7-6-13-30(24)27(33)12-11-23-10-8-9-21(3)16-23/h8-12,16,20,24-26,28,32,34H,6-7,13-15,17-19H2,1-5H3/b12-11+/t24-,25-,26-,28-/m1/s1. The minimum absolute atomic E-state index is 0.0288. The summed E-state index contributed by atoms with van der Waals surface area (Å²) in [6.45, 7) is 9.01. The molecule has 0 aromatic heterocycles. The number of ether oxygens (including phenoxy) is 2. The van der Waals surface area contributed by atoms with Crippen molar-refractivity contribution in [3.63, 3.8) is 0 Å². The summed E-state index contributed by atoms with van der Waals surface area (Å²) in [5.74, 6) is 0.0173. The molecule has 0 bridgehead atoms. The highest BCUT2D eigenvalue weighted by atomic mass is 16.5. The number of benzene rings is 1. The van der Waals surface area contributed by atoms with Gasteiger partial charge < -0.3 is 29.5 Å². The first-order chi connectivity index (χ1) is 17.1. The summed E-state index contributed by atoms with van der Waals surface area (Å²) in [5.41, 5.74) is 2.08. The summed E-state index contributed by atoms with van der Waals surface area (Å²) in [5, 5.41) is 21.0. The zero-order valence-corrected chi connectivity index (χ0v) is 22.4. The van der Waals surface area contributed by atoms with E-state index in [1.807, 2.05) is 42.2 Å². The Labute approximate surface area is 215 Å². The van der Waals surface area contributed by atoms with Crippen LogP contribution in [-0.2, 0) is 19.1 Å². The molecule has 36 heavy (non-hydrogen) atoms. The van der Waals surface area contributed by atoms with Crippen LogP contribution in [0.1, 0.15) is 51.2 Å². The molecule has 0 unspecified atom stereocenters. The third kappa shape index (κ3) is 9.65. The Balaban J connectivity index is 2.36. The topological polar surface area (TPSA) is 99.5 Å². The molecular formula is C28H44N2O6. The van der Waals surface area contributed by atoms with Crippen LogP contribution < -0.4 is 0 Å². The van der Waals surface area contributed by atoms with Gasteiger partial charge in [-0.15, -0.1) is 0 Å². The van der Waals surface area contributed by atoms with Gasteiger partial charge in [-0.2, -0.15) is 0 Å². The average molecular weight is 505 g/mol. The monoisotopic (exact) mass is 504 g/mol. The first kappa shape index (κ1) is 30.0. The van der Waals surface area contributed by atoms with Crippen molar-refractivity contribution in [3.05, 3.63) is 41.5 Å². The zero-order valence-electron chi connectivity index (χ0n) is 22.4. The minimum Gasteiger partial charge on any atom is -0.388 e. The normalized spacial score (nSPS) is 25.2. The first-order valence-electron chi connectivity index (χ1n) is 12.9. The van der Waals surface area contributed by atoms with Crippen molar-refractivity contribution in [1.82, 2.24) is 9.80 Å². The summed E-state index contributed by atoms with van der Waals surface area (Å²) in [6.07, 6.45) is 2.45. The maximum absolute atomic E-state index is 13.5. The molecular weight excluding hydrogens is 460 g/mol. The molecule has 1 aliphatic rings. The van der Waals surface area contributed by atoms with Gasteiger partial charge in [0.25, 0.3) is 0 Å². The summed E-state index contributed by atoms with van der Waals surface area (Å²) in [7, 11) is 1.44. The van der Waals surface area contributed by atoms with Gasteiger partial charge in [0, 0.05) is 52.4 Å². The van der Waals surface area contributed by atoms with Crippen LogP contribution >= 0.6 is 0 Å². The molecule has 8 heteroatoms. The van der Waals surface area contributed by atoms with Crippen molar-refractivity contribution in [2.75, 3.05) is 40.0 Å². The molecule has 8 nitrogen and oxygen atoms in total. The summed E-state index contributed by atoms with van der Waals surface area (Å²) < 4.78 is 11.0. The van der Waals surface area contributed by atoms with Crippen molar-refractivity contribution >= 4 is 17.9 Å². The number of hydrogen-bond donors (Lipinski definition) is 2. The fraction of sp³-hybridized carbons (Fsp3) is 0.643. The number of aliphatic hydroxyl groups is 2. The van der Waals surface area contributed by atoms with Crippen LogP contribution in [-0.4, -0.2) is 96.1 Å². The quantitative estimate of drug-likeness (QED) is 0.598. The molecule has 0 aliphatic carbocycles. The lowest BCUT2D eigenvalue weighted by Gasteiger charge is -2.38. The number of amides is 2. The molecule has 4 atom stereocenters. The van der Waals surface area contributed by atoms with E-state index in [0.717, 1.165) is 17.5 Å². The number of aryl methyl sites for hydroxylation is 1. The van der Waals surface area contributed by atoms with E-state index in [1.54, 1.807) is 11.0 Å². The van der Waals surface area contributed by atoms with Crippen LogP contribution in [0.2, 0.25) is 0 Å². The maximum Gasteiger partial charge on any atom is 0.246 e. The van der Waals surface area contributed by atoms with Gasteiger partial charge in [-0.25, -0.2) is 0 Å². The molecule has 0 radical (unpaired) electrons. The van der Waals surface area contributed by atoms with Crippen LogP contribution in [0.15, 0.2) is 30.3 Å². The van der Waals surface area contributed by atoms with Crippen LogP contribution in [0.25, 0.3) is 6.08 Å². The molecule has 202 valence electrons. The van der Waals surface area contributed by atoms with E-state index in [4.69, 9.17) is 9.47 Å². The second-order valence-electron chi connectivity index (χ2n) is 10.1. The molecule has 2 rings (SSSR count). The molecule has 1 fully saturated rings. The number of rotatable bonds is 5. The lowest BCUT2D eigenvalue weighted by Crippen LogP contribution is -2.53. The van der Waals surface area contributed by atoms with Crippen LogP contribution in [0.5, 0.6) is 0 Å². The van der Waals surface area contributed by atoms with E-state index in [0.29, 0.717) is 38.5 Å². The van der Waals surface area contributed by atoms with Gasteiger partial charge in [-0.1, -0.05) is 43.7 Å². The van der Waals surface area contributed by atoms with Crippen molar-refractivity contribution in [2.45, 2.75) is 71.3 Å². The van der Waals surface area contributed by atoms with Crippen molar-refractivity contribution in [1.29, 1.82) is 0 Å². The molecule has 1 saturated heterocycles. The second kappa shape index (κ2) is 15.1. The van der Waals surface area contributed by atoms with Crippen molar-refractivity contribution in [2.24, 2.45) is 5.92 Å².